The van der Waals surface area contributed by atoms with Gasteiger partial charge in [-0.15, -0.1) is 0 Å². The third-order valence-corrected chi connectivity index (χ3v) is 8.47. The minimum atomic E-state index is -1.02. The Bertz CT molecular complexity index is 1480. The van der Waals surface area contributed by atoms with Crippen LogP contribution in [0, 0.1) is 12.8 Å². The lowest BCUT2D eigenvalue weighted by Crippen LogP contribution is -2.49. The van der Waals surface area contributed by atoms with Gasteiger partial charge >= 0.3 is 5.97 Å². The van der Waals surface area contributed by atoms with Crippen LogP contribution in [0.2, 0.25) is 0 Å². The molecule has 2 aliphatic rings. The van der Waals surface area contributed by atoms with E-state index in [1.807, 2.05) is 37.3 Å². The zero-order valence-corrected chi connectivity index (χ0v) is 25.0. The molecule has 3 amide bonds. The first-order valence-electron chi connectivity index (χ1n) is 15.3. The smallest absolute Gasteiger partial charge is 0.305 e. The van der Waals surface area contributed by atoms with Crippen molar-refractivity contribution in [1.82, 2.24) is 15.2 Å². The van der Waals surface area contributed by atoms with Crippen LogP contribution in [0.25, 0.3) is 0 Å². The van der Waals surface area contributed by atoms with Gasteiger partial charge < -0.3 is 25.5 Å². The molecule has 5 rings (SSSR count). The fourth-order valence-corrected chi connectivity index (χ4v) is 5.94. The molecule has 2 aromatic carbocycles. The molecule has 1 atom stereocenters. The molecular formula is C34H39N5O5. The van der Waals surface area contributed by atoms with E-state index >= 15 is 0 Å². The first-order valence-corrected chi connectivity index (χ1v) is 15.3. The monoisotopic (exact) mass is 597 g/mol. The highest BCUT2D eigenvalue weighted by molar-refractivity contribution is 6.01. The molecule has 1 saturated heterocycles. The highest BCUT2D eigenvalue weighted by Crippen LogP contribution is 2.32. The third-order valence-electron chi connectivity index (χ3n) is 8.47. The number of hydrogen-bond donors (Lipinski definition) is 3. The van der Waals surface area contributed by atoms with Gasteiger partial charge in [0.1, 0.15) is 0 Å². The topological polar surface area (TPSA) is 132 Å². The summed E-state index contributed by atoms with van der Waals surface area (Å²) >= 11 is 0. The predicted molar refractivity (Wildman–Crippen MR) is 168 cm³/mol. The Hall–Kier alpha value is -4.73. The van der Waals surface area contributed by atoms with Gasteiger partial charge in [-0.25, -0.2) is 0 Å². The zero-order valence-electron chi connectivity index (χ0n) is 25.0. The van der Waals surface area contributed by atoms with E-state index in [2.05, 4.69) is 20.5 Å². The van der Waals surface area contributed by atoms with Crippen molar-refractivity contribution in [1.29, 1.82) is 0 Å². The summed E-state index contributed by atoms with van der Waals surface area (Å²) in [7, 11) is 0. The molecular weight excluding hydrogens is 558 g/mol. The van der Waals surface area contributed by atoms with Gasteiger partial charge in [0, 0.05) is 50.1 Å². The number of benzene rings is 2. The number of rotatable bonds is 9. The lowest BCUT2D eigenvalue weighted by atomic mass is 9.88. The Morgan fingerprint density at radius 1 is 0.932 bits per heavy atom. The Morgan fingerprint density at radius 2 is 1.66 bits per heavy atom. The number of nitrogens with zero attached hydrogens (tertiary/aromatic N) is 3. The molecule has 1 aliphatic carbocycles. The van der Waals surface area contributed by atoms with E-state index in [0.717, 1.165) is 43.4 Å². The number of nitrogens with one attached hydrogen (secondary N) is 2. The number of hydrogen-bond acceptors (Lipinski definition) is 6. The number of aryl methyl sites for hydroxylation is 1. The molecule has 0 spiro atoms. The Morgan fingerprint density at radius 3 is 2.32 bits per heavy atom. The van der Waals surface area contributed by atoms with E-state index in [9.17, 15) is 24.3 Å². The van der Waals surface area contributed by atoms with Crippen LogP contribution in [0.5, 0.6) is 0 Å². The number of piperazine rings is 1. The van der Waals surface area contributed by atoms with Gasteiger partial charge in [0.05, 0.1) is 29.4 Å². The van der Waals surface area contributed by atoms with Gasteiger partial charge in [0.25, 0.3) is 11.8 Å². The van der Waals surface area contributed by atoms with E-state index in [-0.39, 0.29) is 24.2 Å². The summed E-state index contributed by atoms with van der Waals surface area (Å²) in [4.78, 5) is 59.4. The van der Waals surface area contributed by atoms with Crippen molar-refractivity contribution in [3.8, 4) is 0 Å². The summed E-state index contributed by atoms with van der Waals surface area (Å²) < 4.78 is 0. The summed E-state index contributed by atoms with van der Waals surface area (Å²) in [5.74, 6) is -1.65. The second kappa shape index (κ2) is 14.2. The van der Waals surface area contributed by atoms with E-state index in [0.29, 0.717) is 48.6 Å². The maximum Gasteiger partial charge on any atom is 0.305 e. The van der Waals surface area contributed by atoms with Crippen molar-refractivity contribution in [3.63, 3.8) is 0 Å². The Labute approximate surface area is 257 Å². The summed E-state index contributed by atoms with van der Waals surface area (Å²) in [5.41, 5.74) is 3.91. The molecule has 230 valence electrons. The quantitative estimate of drug-likeness (QED) is 0.322. The number of pyridine rings is 1. The number of amides is 3. The van der Waals surface area contributed by atoms with Crippen molar-refractivity contribution in [2.24, 2.45) is 5.92 Å². The van der Waals surface area contributed by atoms with Crippen LogP contribution >= 0.6 is 0 Å². The first kappa shape index (κ1) is 30.7. The van der Waals surface area contributed by atoms with Crippen LogP contribution in [0.15, 0.2) is 67.0 Å². The molecule has 1 saturated carbocycles. The number of carbonyl (C=O) groups is 4. The Balaban J connectivity index is 1.36. The van der Waals surface area contributed by atoms with Crippen LogP contribution in [-0.4, -0.2) is 64.9 Å². The van der Waals surface area contributed by atoms with Gasteiger partial charge in [-0.1, -0.05) is 49.1 Å². The molecule has 2 heterocycles. The lowest BCUT2D eigenvalue weighted by Gasteiger charge is -2.37. The minimum Gasteiger partial charge on any atom is -0.481 e. The average molecular weight is 598 g/mol. The third kappa shape index (κ3) is 7.61. The number of anilines is 2. The van der Waals surface area contributed by atoms with Crippen molar-refractivity contribution < 1.29 is 24.3 Å². The van der Waals surface area contributed by atoms with E-state index in [4.69, 9.17) is 0 Å². The Kier molecular flexibility index (Phi) is 9.89. The largest absolute Gasteiger partial charge is 0.481 e. The summed E-state index contributed by atoms with van der Waals surface area (Å²) in [6, 6.07) is 15.4. The summed E-state index contributed by atoms with van der Waals surface area (Å²) in [6.45, 7) is 4.05. The number of carboxylic acid groups (broad SMARTS) is 1. The second-order valence-electron chi connectivity index (χ2n) is 11.6. The SMILES string of the molecule is Cc1ccc(C(CC(=O)O)NC(=O)c2ccc(N3CCN(C(=O)c4cccnc4)CC3)c(NC(=O)C3CCCCC3)c2)cc1. The van der Waals surface area contributed by atoms with Crippen molar-refractivity contribution >= 4 is 35.1 Å². The molecule has 44 heavy (non-hydrogen) atoms. The van der Waals surface area contributed by atoms with Gasteiger partial charge in [-0.2, -0.15) is 0 Å². The van der Waals surface area contributed by atoms with Gasteiger partial charge in [0.15, 0.2) is 0 Å². The minimum absolute atomic E-state index is 0.0580. The van der Waals surface area contributed by atoms with Gasteiger partial charge in [0.2, 0.25) is 5.91 Å². The maximum absolute atomic E-state index is 13.5. The van der Waals surface area contributed by atoms with Gasteiger partial charge in [-0.05, 0) is 55.7 Å². The number of carbonyl (C=O) groups excluding carboxylic acids is 3. The van der Waals surface area contributed by atoms with Crippen LogP contribution < -0.4 is 15.5 Å². The van der Waals surface area contributed by atoms with E-state index in [1.165, 1.54) is 0 Å². The lowest BCUT2D eigenvalue weighted by molar-refractivity contribution is -0.137. The highest BCUT2D eigenvalue weighted by atomic mass is 16.4. The average Bonchev–Trinajstić information content (AvgIpc) is 3.05. The molecule has 3 N–H and O–H groups in total. The van der Waals surface area contributed by atoms with Crippen LogP contribution in [-0.2, 0) is 9.59 Å². The number of carboxylic acids is 1. The molecule has 1 unspecified atom stereocenters. The standard InChI is InChI=1S/C34H39N5O5/c1-23-9-11-24(12-10-23)28(21-31(40)41)36-33(43)26-13-14-30(29(20-26)37-32(42)25-6-3-2-4-7-25)38-16-18-39(19-17-38)34(44)27-8-5-15-35-22-27/h5,8-15,20,22,25,28H,2-4,6-7,16-19,21H2,1H3,(H,36,43)(H,37,42)(H,40,41). The molecule has 0 radical (unpaired) electrons. The van der Waals surface area contributed by atoms with Gasteiger partial charge in [-0.3, -0.25) is 24.2 Å². The predicted octanol–water partition coefficient (Wildman–Crippen LogP) is 4.82. The van der Waals surface area contributed by atoms with Crippen molar-refractivity contribution in [2.75, 3.05) is 36.4 Å². The van der Waals surface area contributed by atoms with Crippen molar-refractivity contribution in [2.45, 2.75) is 51.5 Å². The molecule has 1 aromatic heterocycles. The highest BCUT2D eigenvalue weighted by Gasteiger charge is 2.27. The fraction of sp³-hybridized carbons (Fsp3) is 0.382. The fourth-order valence-electron chi connectivity index (χ4n) is 5.94. The molecule has 10 nitrogen and oxygen atoms in total. The van der Waals surface area contributed by atoms with Crippen LogP contribution in [0.1, 0.15) is 76.4 Å². The normalized spacial score (nSPS) is 16.2. The summed E-state index contributed by atoms with van der Waals surface area (Å²) in [5, 5.41) is 15.5. The van der Waals surface area contributed by atoms with E-state index in [1.54, 1.807) is 41.6 Å². The molecule has 1 aliphatic heterocycles. The van der Waals surface area contributed by atoms with Crippen LogP contribution in [0.4, 0.5) is 11.4 Å². The van der Waals surface area contributed by atoms with Crippen molar-refractivity contribution in [3.05, 3.63) is 89.2 Å². The first-order chi connectivity index (χ1) is 21.3. The maximum atomic E-state index is 13.5. The molecule has 10 heteroatoms. The zero-order chi connectivity index (χ0) is 31.1. The molecule has 0 bridgehead atoms. The number of aromatic nitrogens is 1. The molecule has 3 aromatic rings. The number of aliphatic carboxylic acids is 1. The van der Waals surface area contributed by atoms with Crippen LogP contribution in [0.3, 0.4) is 0 Å². The summed E-state index contributed by atoms with van der Waals surface area (Å²) in [6.07, 6.45) is 7.78. The molecule has 2 fully saturated rings. The van der Waals surface area contributed by atoms with E-state index < -0.39 is 17.9 Å². The second-order valence-corrected chi connectivity index (χ2v) is 11.6.